The normalized spacial score (nSPS) is 18.6. The Morgan fingerprint density at radius 1 is 1.16 bits per heavy atom. The highest BCUT2D eigenvalue weighted by Crippen LogP contribution is 2.44. The van der Waals surface area contributed by atoms with Gasteiger partial charge in [0.2, 0.25) is 0 Å². The third-order valence-electron chi connectivity index (χ3n) is 6.37. The zero-order valence-electron chi connectivity index (χ0n) is 18.2. The Bertz CT molecular complexity index is 957. The van der Waals surface area contributed by atoms with Crippen molar-refractivity contribution < 1.29 is 4.74 Å². The number of nitrogens with one attached hydrogen (secondary N) is 2. The van der Waals surface area contributed by atoms with E-state index in [1.807, 2.05) is 24.3 Å². The van der Waals surface area contributed by atoms with Crippen molar-refractivity contribution >= 4 is 40.4 Å². The van der Waals surface area contributed by atoms with Crippen LogP contribution in [0.15, 0.2) is 41.4 Å². The number of ether oxygens (including phenoxy) is 1. The van der Waals surface area contributed by atoms with Gasteiger partial charge in [-0.1, -0.05) is 35.3 Å². The molecule has 1 saturated heterocycles. The molecule has 2 aliphatic rings. The van der Waals surface area contributed by atoms with Gasteiger partial charge in [0.1, 0.15) is 5.84 Å². The van der Waals surface area contributed by atoms with E-state index in [2.05, 4.69) is 34.7 Å². The maximum absolute atomic E-state index is 6.66. The Labute approximate surface area is 194 Å². The quantitative estimate of drug-likeness (QED) is 0.635. The summed E-state index contributed by atoms with van der Waals surface area (Å²) in [4.78, 5) is 7.20. The molecule has 7 heteroatoms. The maximum atomic E-state index is 6.66. The van der Waals surface area contributed by atoms with Crippen LogP contribution in [0, 0.1) is 5.41 Å². The van der Waals surface area contributed by atoms with Gasteiger partial charge < -0.3 is 20.3 Å². The van der Waals surface area contributed by atoms with Gasteiger partial charge in [-0.05, 0) is 67.7 Å². The van der Waals surface area contributed by atoms with E-state index in [4.69, 9.17) is 32.9 Å². The number of amidine groups is 1. The summed E-state index contributed by atoms with van der Waals surface area (Å²) in [5.41, 5.74) is 4.54. The van der Waals surface area contributed by atoms with Crippen molar-refractivity contribution in [3.8, 4) is 0 Å². The first-order valence-electron chi connectivity index (χ1n) is 10.8. The summed E-state index contributed by atoms with van der Waals surface area (Å²) in [5, 5.41) is 8.63. The number of rotatable bonds is 6. The minimum atomic E-state index is 0.0209. The van der Waals surface area contributed by atoms with Gasteiger partial charge >= 0.3 is 0 Å². The zero-order valence-corrected chi connectivity index (χ0v) is 19.7. The Kier molecular flexibility index (Phi) is 7.07. The SMILES string of the molecule is COCCN(C)c1cc2c(cc1Cl)NC(=NCc1cccc(Cl)c1)C1(CCNCC1)C2. The first kappa shape index (κ1) is 22.4. The zero-order chi connectivity index (χ0) is 21.8. The second kappa shape index (κ2) is 9.78. The Hall–Kier alpha value is -1.79. The van der Waals surface area contributed by atoms with E-state index in [-0.39, 0.29) is 5.41 Å². The number of fused-ring (bicyclic) bond motifs is 1. The van der Waals surface area contributed by atoms with Gasteiger partial charge in [-0.25, -0.2) is 0 Å². The molecule has 5 nitrogen and oxygen atoms in total. The van der Waals surface area contributed by atoms with Crippen molar-refractivity contribution in [2.24, 2.45) is 10.4 Å². The van der Waals surface area contributed by atoms with Gasteiger partial charge in [-0.2, -0.15) is 0 Å². The van der Waals surface area contributed by atoms with E-state index in [0.29, 0.717) is 13.2 Å². The lowest BCUT2D eigenvalue weighted by molar-refractivity contribution is 0.206. The van der Waals surface area contributed by atoms with E-state index in [1.54, 1.807) is 7.11 Å². The van der Waals surface area contributed by atoms with Crippen molar-refractivity contribution in [2.45, 2.75) is 25.8 Å². The molecule has 0 aliphatic carbocycles. The highest BCUT2D eigenvalue weighted by atomic mass is 35.5. The van der Waals surface area contributed by atoms with Gasteiger partial charge in [0.25, 0.3) is 0 Å². The van der Waals surface area contributed by atoms with Crippen LogP contribution in [-0.2, 0) is 17.7 Å². The van der Waals surface area contributed by atoms with E-state index < -0.39 is 0 Å². The van der Waals surface area contributed by atoms with Crippen molar-refractivity contribution in [1.82, 2.24) is 5.32 Å². The second-order valence-corrected chi connectivity index (χ2v) is 9.35. The summed E-state index contributed by atoms with van der Waals surface area (Å²) in [6.07, 6.45) is 3.09. The smallest absolute Gasteiger partial charge is 0.108 e. The number of benzene rings is 2. The summed E-state index contributed by atoms with van der Waals surface area (Å²) in [6, 6.07) is 12.2. The monoisotopic (exact) mass is 460 g/mol. The van der Waals surface area contributed by atoms with Crippen LogP contribution in [0.3, 0.4) is 0 Å². The first-order chi connectivity index (χ1) is 15.0. The predicted molar refractivity (Wildman–Crippen MR) is 131 cm³/mol. The molecule has 2 aliphatic heterocycles. The van der Waals surface area contributed by atoms with Crippen molar-refractivity contribution in [3.05, 3.63) is 57.6 Å². The molecule has 0 saturated carbocycles. The number of hydrogen-bond acceptors (Lipinski definition) is 4. The lowest BCUT2D eigenvalue weighted by atomic mass is 9.70. The molecule has 0 amide bonds. The summed E-state index contributed by atoms with van der Waals surface area (Å²) in [5.74, 6) is 1.07. The van der Waals surface area contributed by atoms with Crippen LogP contribution in [-0.4, -0.2) is 46.2 Å². The fourth-order valence-corrected chi connectivity index (χ4v) is 5.07. The molecular weight excluding hydrogens is 431 g/mol. The summed E-state index contributed by atoms with van der Waals surface area (Å²) in [7, 11) is 3.78. The lowest BCUT2D eigenvalue weighted by Gasteiger charge is -2.43. The molecule has 0 atom stereocenters. The number of anilines is 2. The molecule has 2 heterocycles. The number of likely N-dealkylation sites (N-methyl/N-ethyl adjacent to an activating group) is 1. The molecular formula is C24H30Cl2N4O. The fourth-order valence-electron chi connectivity index (χ4n) is 4.55. The third kappa shape index (κ3) is 5.01. The van der Waals surface area contributed by atoms with Crippen LogP contribution >= 0.6 is 23.2 Å². The van der Waals surface area contributed by atoms with Gasteiger partial charge in [0, 0.05) is 36.8 Å². The molecule has 4 rings (SSSR count). The van der Waals surface area contributed by atoms with E-state index >= 15 is 0 Å². The number of halogens is 2. The molecule has 2 N–H and O–H groups in total. The van der Waals surface area contributed by atoms with Crippen LogP contribution in [0.5, 0.6) is 0 Å². The topological polar surface area (TPSA) is 48.9 Å². The Morgan fingerprint density at radius 3 is 2.71 bits per heavy atom. The van der Waals surface area contributed by atoms with Gasteiger partial charge in [-0.3, -0.25) is 4.99 Å². The van der Waals surface area contributed by atoms with Crippen molar-refractivity contribution in [1.29, 1.82) is 0 Å². The number of aliphatic imine (C=N–C) groups is 1. The number of nitrogens with zero attached hydrogens (tertiary/aromatic N) is 2. The lowest BCUT2D eigenvalue weighted by Crippen LogP contribution is -2.48. The highest BCUT2D eigenvalue weighted by Gasteiger charge is 2.41. The Balaban J connectivity index is 1.65. The number of methoxy groups -OCH3 is 1. The van der Waals surface area contributed by atoms with Gasteiger partial charge in [0.05, 0.1) is 23.9 Å². The minimum absolute atomic E-state index is 0.0209. The van der Waals surface area contributed by atoms with Crippen molar-refractivity contribution in [3.63, 3.8) is 0 Å². The van der Waals surface area contributed by atoms with Gasteiger partial charge in [-0.15, -0.1) is 0 Å². The van der Waals surface area contributed by atoms with E-state index in [1.165, 1.54) is 5.56 Å². The Morgan fingerprint density at radius 2 is 1.97 bits per heavy atom. The van der Waals surface area contributed by atoms with E-state index in [9.17, 15) is 0 Å². The summed E-state index contributed by atoms with van der Waals surface area (Å²) < 4.78 is 5.23. The first-order valence-corrected chi connectivity index (χ1v) is 11.6. The number of piperidine rings is 1. The van der Waals surface area contributed by atoms with Crippen LogP contribution in [0.1, 0.15) is 24.0 Å². The molecule has 0 bridgehead atoms. The highest BCUT2D eigenvalue weighted by molar-refractivity contribution is 6.33. The molecule has 0 radical (unpaired) electrons. The summed E-state index contributed by atoms with van der Waals surface area (Å²) in [6.45, 7) is 4.07. The van der Waals surface area contributed by atoms with Crippen molar-refractivity contribution in [2.75, 3.05) is 50.6 Å². The maximum Gasteiger partial charge on any atom is 0.108 e. The fraction of sp³-hybridized carbons (Fsp3) is 0.458. The van der Waals surface area contributed by atoms with E-state index in [0.717, 1.165) is 71.7 Å². The van der Waals surface area contributed by atoms with Crippen LogP contribution in [0.2, 0.25) is 10.0 Å². The van der Waals surface area contributed by atoms with Crippen LogP contribution in [0.4, 0.5) is 11.4 Å². The number of hydrogen-bond donors (Lipinski definition) is 2. The average Bonchev–Trinajstić information content (AvgIpc) is 2.76. The molecule has 2 aromatic carbocycles. The molecule has 166 valence electrons. The molecule has 2 aromatic rings. The molecule has 0 aromatic heterocycles. The molecule has 1 fully saturated rings. The molecule has 31 heavy (non-hydrogen) atoms. The standard InChI is InChI=1S/C24H30Cl2N4O/c1-30(10-11-31-2)22-13-18-15-24(6-8-27-9-7-24)23(29-21(18)14-20(22)26)28-16-17-4-3-5-19(25)12-17/h3-5,12-14,27H,6-11,15-16H2,1-2H3,(H,28,29). The third-order valence-corrected chi connectivity index (χ3v) is 6.91. The minimum Gasteiger partial charge on any atom is -0.383 e. The van der Waals surface area contributed by atoms with Crippen LogP contribution in [0.25, 0.3) is 0 Å². The van der Waals surface area contributed by atoms with Gasteiger partial charge in [0.15, 0.2) is 0 Å². The summed E-state index contributed by atoms with van der Waals surface area (Å²) >= 11 is 12.8. The molecule has 0 unspecified atom stereocenters. The predicted octanol–water partition coefficient (Wildman–Crippen LogP) is 5.01. The molecule has 1 spiro atoms. The van der Waals surface area contributed by atoms with Crippen LogP contribution < -0.4 is 15.5 Å². The average molecular weight is 461 g/mol. The second-order valence-electron chi connectivity index (χ2n) is 8.50. The largest absolute Gasteiger partial charge is 0.383 e.